The Morgan fingerprint density at radius 1 is 1.09 bits per heavy atom. The highest BCUT2D eigenvalue weighted by molar-refractivity contribution is 6.24. The van der Waals surface area contributed by atoms with Crippen molar-refractivity contribution in [1.82, 2.24) is 0 Å². The van der Waals surface area contributed by atoms with E-state index in [0.29, 0.717) is 16.7 Å². The number of ketones is 2. The van der Waals surface area contributed by atoms with E-state index >= 15 is 0 Å². The minimum absolute atomic E-state index is 0.0385. The SMILES string of the molecule is NCc1cc(-c2ccccc2)c2c(c1O)C(=O)C1=C(O)[C@]3(O)C(=O)C(C(N)=O)=C(O)C[C@@H]3CC1C2. The molecule has 1 amide bonds. The first kappa shape index (κ1) is 22.8. The molecule has 35 heavy (non-hydrogen) atoms. The number of hydrogen-bond acceptors (Lipinski definition) is 8. The van der Waals surface area contributed by atoms with E-state index in [1.807, 2.05) is 30.3 Å². The van der Waals surface area contributed by atoms with E-state index in [4.69, 9.17) is 11.5 Å². The van der Waals surface area contributed by atoms with Gasteiger partial charge in [-0.15, -0.1) is 0 Å². The minimum Gasteiger partial charge on any atom is -0.511 e. The highest BCUT2D eigenvalue weighted by Crippen LogP contribution is 2.52. The standard InChI is InChI=1S/C26H24N2O7/c27-10-13-8-15(11-4-2-1-3-5-11)16-7-12-6-14-9-17(29)20(25(28)34)24(33)26(14,35)23(32)18(12)22(31)19(16)21(13)30/h1-5,8,12,14,29-30,32,35H,6-7,9-10,27H2,(H2,28,34)/t12?,14-,26-/m0/s1. The number of hydrogen-bond donors (Lipinski definition) is 6. The molecule has 3 aliphatic carbocycles. The number of carbonyl (C=O) groups is 3. The number of aliphatic hydroxyl groups excluding tert-OH is 2. The molecule has 0 spiro atoms. The number of carbonyl (C=O) groups excluding carboxylic acids is 3. The summed E-state index contributed by atoms with van der Waals surface area (Å²) in [5.74, 6) is -6.51. The molecule has 9 nitrogen and oxygen atoms in total. The molecule has 0 saturated carbocycles. The van der Waals surface area contributed by atoms with Crippen molar-refractivity contribution in [3.8, 4) is 16.9 Å². The molecular formula is C26H24N2O7. The zero-order chi connectivity index (χ0) is 25.2. The van der Waals surface area contributed by atoms with Crippen LogP contribution in [-0.2, 0) is 22.6 Å². The number of fused-ring (bicyclic) bond motifs is 3. The van der Waals surface area contributed by atoms with Crippen molar-refractivity contribution in [2.45, 2.75) is 31.4 Å². The van der Waals surface area contributed by atoms with Crippen molar-refractivity contribution in [2.75, 3.05) is 0 Å². The number of aromatic hydroxyl groups is 1. The number of primary amides is 1. The molecule has 0 aliphatic heterocycles. The van der Waals surface area contributed by atoms with Gasteiger partial charge in [-0.05, 0) is 41.5 Å². The normalized spacial score (nSPS) is 25.8. The van der Waals surface area contributed by atoms with Gasteiger partial charge in [0.25, 0.3) is 5.91 Å². The van der Waals surface area contributed by atoms with E-state index in [2.05, 4.69) is 0 Å². The number of benzene rings is 2. The third-order valence-corrected chi connectivity index (χ3v) is 7.45. The molecule has 0 heterocycles. The molecule has 0 bridgehead atoms. The largest absolute Gasteiger partial charge is 0.511 e. The summed E-state index contributed by atoms with van der Waals surface area (Å²) >= 11 is 0. The second kappa shape index (κ2) is 7.79. The third kappa shape index (κ3) is 3.05. The molecule has 9 heteroatoms. The van der Waals surface area contributed by atoms with Crippen molar-refractivity contribution >= 4 is 17.5 Å². The zero-order valence-electron chi connectivity index (χ0n) is 18.6. The first-order valence-corrected chi connectivity index (χ1v) is 11.2. The first-order chi connectivity index (χ1) is 16.6. The van der Waals surface area contributed by atoms with Crippen LogP contribution < -0.4 is 11.5 Å². The second-order valence-electron chi connectivity index (χ2n) is 9.27. The number of phenols is 1. The maximum absolute atomic E-state index is 13.7. The fourth-order valence-electron chi connectivity index (χ4n) is 5.77. The second-order valence-corrected chi connectivity index (χ2v) is 9.27. The number of Topliss-reactive ketones (excluding diaryl/α,β-unsaturated/α-hetero) is 2. The van der Waals surface area contributed by atoms with Crippen LogP contribution in [0.3, 0.4) is 0 Å². The number of allylic oxidation sites excluding steroid dienone is 2. The fraction of sp³-hybridized carbons (Fsp3) is 0.269. The lowest BCUT2D eigenvalue weighted by Crippen LogP contribution is -2.57. The van der Waals surface area contributed by atoms with Gasteiger partial charge in [0.05, 0.1) is 5.56 Å². The van der Waals surface area contributed by atoms with Crippen LogP contribution in [0.4, 0.5) is 0 Å². The van der Waals surface area contributed by atoms with Crippen LogP contribution >= 0.6 is 0 Å². The fourth-order valence-corrected chi connectivity index (χ4v) is 5.77. The molecule has 0 fully saturated rings. The Balaban J connectivity index is 1.73. The van der Waals surface area contributed by atoms with Gasteiger partial charge in [0, 0.05) is 30.0 Å². The van der Waals surface area contributed by atoms with Gasteiger partial charge in [-0.2, -0.15) is 0 Å². The van der Waals surface area contributed by atoms with Gasteiger partial charge >= 0.3 is 0 Å². The lowest BCUT2D eigenvalue weighted by molar-refractivity contribution is -0.144. The van der Waals surface area contributed by atoms with Crippen molar-refractivity contribution in [1.29, 1.82) is 0 Å². The molecule has 3 atom stereocenters. The van der Waals surface area contributed by atoms with Crippen LogP contribution in [0.1, 0.15) is 34.3 Å². The maximum Gasteiger partial charge on any atom is 0.255 e. The Hall–Kier alpha value is -3.95. The van der Waals surface area contributed by atoms with Crippen LogP contribution in [0, 0.1) is 11.8 Å². The van der Waals surface area contributed by atoms with Gasteiger partial charge in [-0.1, -0.05) is 30.3 Å². The van der Waals surface area contributed by atoms with E-state index in [-0.39, 0.29) is 42.7 Å². The summed E-state index contributed by atoms with van der Waals surface area (Å²) < 4.78 is 0. The Morgan fingerprint density at radius 3 is 2.40 bits per heavy atom. The summed E-state index contributed by atoms with van der Waals surface area (Å²) in [6.45, 7) is -0.0444. The molecule has 180 valence electrons. The van der Waals surface area contributed by atoms with Gasteiger partial charge in [0.15, 0.2) is 11.4 Å². The number of rotatable bonds is 3. The lowest BCUT2D eigenvalue weighted by Gasteiger charge is -2.45. The van der Waals surface area contributed by atoms with Gasteiger partial charge < -0.3 is 31.9 Å². The summed E-state index contributed by atoms with van der Waals surface area (Å²) in [5, 5.41) is 43.7. The number of aliphatic hydroxyl groups is 3. The Morgan fingerprint density at radius 2 is 1.77 bits per heavy atom. The van der Waals surface area contributed by atoms with E-state index in [1.54, 1.807) is 6.07 Å². The van der Waals surface area contributed by atoms with Crippen LogP contribution in [0.2, 0.25) is 0 Å². The van der Waals surface area contributed by atoms with Crippen molar-refractivity contribution in [3.63, 3.8) is 0 Å². The quantitative estimate of drug-likeness (QED) is 0.362. The van der Waals surface area contributed by atoms with Crippen LogP contribution in [0.5, 0.6) is 5.75 Å². The first-order valence-electron chi connectivity index (χ1n) is 11.2. The minimum atomic E-state index is -2.58. The molecule has 8 N–H and O–H groups in total. The Bertz CT molecular complexity index is 1380. The average molecular weight is 476 g/mol. The predicted octanol–water partition coefficient (Wildman–Crippen LogP) is 1.71. The lowest BCUT2D eigenvalue weighted by atomic mass is 9.60. The molecule has 3 aliphatic rings. The number of nitrogens with two attached hydrogens (primary N) is 2. The summed E-state index contributed by atoms with van der Waals surface area (Å²) in [6.07, 6.45) is 0.0475. The van der Waals surface area contributed by atoms with Crippen LogP contribution in [-0.4, -0.2) is 43.5 Å². The maximum atomic E-state index is 13.7. The van der Waals surface area contributed by atoms with Crippen molar-refractivity contribution in [3.05, 3.63) is 75.8 Å². The average Bonchev–Trinajstić information content (AvgIpc) is 2.82. The van der Waals surface area contributed by atoms with E-state index < -0.39 is 52.0 Å². The monoisotopic (exact) mass is 476 g/mol. The van der Waals surface area contributed by atoms with Gasteiger partial charge in [-0.25, -0.2) is 0 Å². The van der Waals surface area contributed by atoms with Gasteiger partial charge in [0.1, 0.15) is 22.8 Å². The van der Waals surface area contributed by atoms with E-state index in [0.717, 1.165) is 5.56 Å². The van der Waals surface area contributed by atoms with E-state index in [1.165, 1.54) is 0 Å². The van der Waals surface area contributed by atoms with Crippen molar-refractivity contribution < 1.29 is 34.8 Å². The van der Waals surface area contributed by atoms with Crippen LogP contribution in [0.25, 0.3) is 11.1 Å². The summed E-state index contributed by atoms with van der Waals surface area (Å²) in [4.78, 5) is 38.5. The number of amides is 1. The zero-order valence-corrected chi connectivity index (χ0v) is 18.6. The third-order valence-electron chi connectivity index (χ3n) is 7.45. The Kier molecular flexibility index (Phi) is 5.08. The predicted molar refractivity (Wildman–Crippen MR) is 124 cm³/mol. The van der Waals surface area contributed by atoms with E-state index in [9.17, 15) is 34.8 Å². The molecule has 2 aromatic carbocycles. The summed E-state index contributed by atoms with van der Waals surface area (Å²) in [6, 6.07) is 11.0. The highest BCUT2D eigenvalue weighted by atomic mass is 16.3. The topological polar surface area (TPSA) is 184 Å². The molecule has 0 aromatic heterocycles. The molecule has 0 radical (unpaired) electrons. The highest BCUT2D eigenvalue weighted by Gasteiger charge is 2.59. The molecular weight excluding hydrogens is 452 g/mol. The molecule has 2 aromatic rings. The summed E-state index contributed by atoms with van der Waals surface area (Å²) in [7, 11) is 0. The molecule has 0 saturated heterocycles. The smallest absolute Gasteiger partial charge is 0.255 e. The van der Waals surface area contributed by atoms with Crippen LogP contribution in [0.15, 0.2) is 59.1 Å². The molecule has 5 rings (SSSR count). The van der Waals surface area contributed by atoms with Gasteiger partial charge in [-0.3, -0.25) is 14.4 Å². The number of phenolic OH excluding ortho intramolecular Hbond substituents is 1. The van der Waals surface area contributed by atoms with Crippen molar-refractivity contribution in [2.24, 2.45) is 23.3 Å². The Labute approximate surface area is 200 Å². The summed E-state index contributed by atoms with van der Waals surface area (Å²) in [5.41, 5.74) is 9.87. The van der Waals surface area contributed by atoms with Gasteiger partial charge in [0.2, 0.25) is 5.78 Å². The molecule has 1 unspecified atom stereocenters.